The lowest BCUT2D eigenvalue weighted by atomic mass is 10.1. The summed E-state index contributed by atoms with van der Waals surface area (Å²) in [5.41, 5.74) is 1.40. The van der Waals surface area contributed by atoms with Crippen molar-refractivity contribution in [3.05, 3.63) is 82.1 Å². The fourth-order valence-corrected chi connectivity index (χ4v) is 4.54. The second-order valence-corrected chi connectivity index (χ2v) is 7.74. The van der Waals surface area contributed by atoms with Crippen molar-refractivity contribution in [3.8, 4) is 0 Å². The monoisotopic (exact) mass is 381 g/mol. The Morgan fingerprint density at radius 3 is 2.93 bits per heavy atom. The molecule has 1 aliphatic heterocycles. The van der Waals surface area contributed by atoms with Crippen molar-refractivity contribution in [2.45, 2.75) is 25.4 Å². The molecule has 0 saturated carbocycles. The van der Waals surface area contributed by atoms with E-state index in [0.29, 0.717) is 10.9 Å². The minimum atomic E-state index is -0.430. The van der Waals surface area contributed by atoms with Crippen LogP contribution < -0.4 is 5.32 Å². The summed E-state index contributed by atoms with van der Waals surface area (Å²) in [5, 5.41) is 2.66. The van der Waals surface area contributed by atoms with Crippen LogP contribution in [0.25, 0.3) is 0 Å². The minimum absolute atomic E-state index is 0.205. The molecule has 1 aliphatic rings. The van der Waals surface area contributed by atoms with E-state index in [4.69, 9.17) is 0 Å². The lowest BCUT2D eigenvalue weighted by Crippen LogP contribution is -2.22. The van der Waals surface area contributed by atoms with E-state index in [1.54, 1.807) is 24.4 Å². The number of carbonyl (C=O) groups excluding carboxylic acids is 1. The minimum Gasteiger partial charge on any atom is -0.319 e. The first kappa shape index (κ1) is 17.8. The van der Waals surface area contributed by atoms with Crippen molar-refractivity contribution in [1.82, 2.24) is 9.88 Å². The van der Waals surface area contributed by atoms with Crippen LogP contribution in [0.1, 0.15) is 39.0 Å². The van der Waals surface area contributed by atoms with Gasteiger partial charge in [0, 0.05) is 29.9 Å². The standard InChI is InChI=1S/C21H20FN3OS/c22-16-6-1-2-7-17(16)24-21(26)20-10-9-19(27-20)18-8-4-12-25(18)14-15-5-3-11-23-13-15/h1-3,5-7,9-11,13,18H,4,8,12,14H2,(H,24,26). The van der Waals surface area contributed by atoms with Crippen molar-refractivity contribution in [1.29, 1.82) is 0 Å². The number of pyridine rings is 1. The van der Waals surface area contributed by atoms with Gasteiger partial charge in [0.15, 0.2) is 0 Å². The number of anilines is 1. The lowest BCUT2D eigenvalue weighted by Gasteiger charge is -2.23. The highest BCUT2D eigenvalue weighted by atomic mass is 32.1. The molecule has 27 heavy (non-hydrogen) atoms. The van der Waals surface area contributed by atoms with Crippen LogP contribution in [0.3, 0.4) is 0 Å². The fraction of sp³-hybridized carbons (Fsp3) is 0.238. The lowest BCUT2D eigenvalue weighted by molar-refractivity contribution is 0.103. The van der Waals surface area contributed by atoms with Crippen molar-refractivity contribution in [2.75, 3.05) is 11.9 Å². The number of hydrogen-bond acceptors (Lipinski definition) is 4. The molecule has 1 saturated heterocycles. The van der Waals surface area contributed by atoms with Gasteiger partial charge < -0.3 is 5.32 Å². The first-order chi connectivity index (χ1) is 13.2. The zero-order chi connectivity index (χ0) is 18.6. The molecule has 1 unspecified atom stereocenters. The van der Waals surface area contributed by atoms with Crippen molar-refractivity contribution in [3.63, 3.8) is 0 Å². The normalized spacial score (nSPS) is 17.1. The molecule has 4 rings (SSSR count). The Hall–Kier alpha value is -2.57. The van der Waals surface area contributed by atoms with Crippen LogP contribution in [-0.2, 0) is 6.54 Å². The third-order valence-corrected chi connectivity index (χ3v) is 5.96. The van der Waals surface area contributed by atoms with Crippen molar-refractivity contribution >= 4 is 22.9 Å². The first-order valence-electron chi connectivity index (χ1n) is 8.99. The number of likely N-dealkylation sites (tertiary alicyclic amines) is 1. The van der Waals surface area contributed by atoms with E-state index in [-0.39, 0.29) is 11.6 Å². The number of benzene rings is 1. The zero-order valence-corrected chi connectivity index (χ0v) is 15.6. The number of thiophene rings is 1. The molecule has 3 heterocycles. The summed E-state index contributed by atoms with van der Waals surface area (Å²) in [5.74, 6) is -0.700. The van der Waals surface area contributed by atoms with Gasteiger partial charge in [-0.05, 0) is 55.3 Å². The first-order valence-corrected chi connectivity index (χ1v) is 9.81. The van der Waals surface area contributed by atoms with Gasteiger partial charge in [0.2, 0.25) is 0 Å². The van der Waals surface area contributed by atoms with Gasteiger partial charge >= 0.3 is 0 Å². The average Bonchev–Trinajstić information content (AvgIpc) is 3.34. The molecule has 0 radical (unpaired) electrons. The topological polar surface area (TPSA) is 45.2 Å². The quantitative estimate of drug-likeness (QED) is 0.686. The molecule has 2 aromatic heterocycles. The third kappa shape index (κ3) is 4.07. The van der Waals surface area contributed by atoms with Gasteiger partial charge in [0.05, 0.1) is 10.6 Å². The summed E-state index contributed by atoms with van der Waals surface area (Å²) < 4.78 is 13.8. The Kier molecular flexibility index (Phi) is 5.27. The molecule has 4 nitrogen and oxygen atoms in total. The number of hydrogen-bond donors (Lipinski definition) is 1. The SMILES string of the molecule is O=C(Nc1ccccc1F)c1ccc(C2CCCN2Cc2cccnc2)s1. The van der Waals surface area contributed by atoms with E-state index in [0.717, 1.165) is 25.9 Å². The van der Waals surface area contributed by atoms with Gasteiger partial charge in [-0.25, -0.2) is 4.39 Å². The number of aromatic nitrogens is 1. The molecule has 1 atom stereocenters. The number of halogens is 1. The van der Waals surface area contributed by atoms with E-state index < -0.39 is 5.82 Å². The van der Waals surface area contributed by atoms with Crippen molar-refractivity contribution < 1.29 is 9.18 Å². The van der Waals surface area contributed by atoms with Crippen molar-refractivity contribution in [2.24, 2.45) is 0 Å². The van der Waals surface area contributed by atoms with Crippen LogP contribution in [0.4, 0.5) is 10.1 Å². The van der Waals surface area contributed by atoms with E-state index >= 15 is 0 Å². The third-order valence-electron chi connectivity index (χ3n) is 4.77. The molecule has 138 valence electrons. The Morgan fingerprint density at radius 2 is 2.11 bits per heavy atom. The molecular weight excluding hydrogens is 361 g/mol. The molecule has 0 spiro atoms. The Balaban J connectivity index is 1.46. The van der Waals surface area contributed by atoms with Gasteiger partial charge in [0.1, 0.15) is 5.82 Å². The summed E-state index contributed by atoms with van der Waals surface area (Å²) in [6, 6.07) is 14.4. The summed E-state index contributed by atoms with van der Waals surface area (Å²) in [6.07, 6.45) is 5.90. The largest absolute Gasteiger partial charge is 0.319 e. The highest BCUT2D eigenvalue weighted by Gasteiger charge is 2.28. The van der Waals surface area contributed by atoms with Crippen LogP contribution in [0.5, 0.6) is 0 Å². The number of carbonyl (C=O) groups is 1. The van der Waals surface area contributed by atoms with Gasteiger partial charge in [-0.2, -0.15) is 0 Å². The number of nitrogens with zero attached hydrogens (tertiary/aromatic N) is 2. The maximum absolute atomic E-state index is 13.8. The molecular formula is C21H20FN3OS. The Morgan fingerprint density at radius 1 is 1.22 bits per heavy atom. The summed E-state index contributed by atoms with van der Waals surface area (Å²) >= 11 is 1.49. The predicted molar refractivity (Wildman–Crippen MR) is 105 cm³/mol. The van der Waals surface area contributed by atoms with E-state index in [1.807, 2.05) is 24.4 Å². The van der Waals surface area contributed by atoms with E-state index in [1.165, 1.54) is 27.8 Å². The zero-order valence-electron chi connectivity index (χ0n) is 14.8. The smallest absolute Gasteiger partial charge is 0.265 e. The maximum atomic E-state index is 13.8. The summed E-state index contributed by atoms with van der Waals surface area (Å²) in [6.45, 7) is 1.89. The molecule has 1 amide bonds. The predicted octanol–water partition coefficient (Wildman–Crippen LogP) is 4.87. The second-order valence-electron chi connectivity index (χ2n) is 6.63. The molecule has 6 heteroatoms. The molecule has 3 aromatic rings. The second kappa shape index (κ2) is 7.98. The Bertz CT molecular complexity index is 928. The highest BCUT2D eigenvalue weighted by Crippen LogP contribution is 2.37. The molecule has 0 bridgehead atoms. The number of nitrogens with one attached hydrogen (secondary N) is 1. The summed E-state index contributed by atoms with van der Waals surface area (Å²) in [7, 11) is 0. The van der Waals surface area contributed by atoms with Crippen LogP contribution in [0.2, 0.25) is 0 Å². The molecule has 0 aliphatic carbocycles. The van der Waals surface area contributed by atoms with Gasteiger partial charge in [0.25, 0.3) is 5.91 Å². The van der Waals surface area contributed by atoms with Crippen LogP contribution >= 0.6 is 11.3 Å². The van der Waals surface area contributed by atoms with E-state index in [9.17, 15) is 9.18 Å². The fourth-order valence-electron chi connectivity index (χ4n) is 3.46. The summed E-state index contributed by atoms with van der Waals surface area (Å²) in [4.78, 5) is 20.9. The highest BCUT2D eigenvalue weighted by molar-refractivity contribution is 7.14. The molecule has 1 aromatic carbocycles. The van der Waals surface area contributed by atoms with Gasteiger partial charge in [-0.1, -0.05) is 18.2 Å². The van der Waals surface area contributed by atoms with E-state index in [2.05, 4.69) is 21.3 Å². The van der Waals surface area contributed by atoms with Gasteiger partial charge in [-0.3, -0.25) is 14.7 Å². The maximum Gasteiger partial charge on any atom is 0.265 e. The number of para-hydroxylation sites is 1. The molecule has 1 N–H and O–H groups in total. The number of amides is 1. The van der Waals surface area contributed by atoms with Gasteiger partial charge in [-0.15, -0.1) is 11.3 Å². The average molecular weight is 381 g/mol. The molecule has 1 fully saturated rings. The van der Waals surface area contributed by atoms with Crippen LogP contribution in [0, 0.1) is 5.82 Å². The Labute approximate surface area is 161 Å². The van der Waals surface area contributed by atoms with Crippen LogP contribution in [0.15, 0.2) is 60.9 Å². The number of rotatable bonds is 5. The van der Waals surface area contributed by atoms with Crippen LogP contribution in [-0.4, -0.2) is 22.3 Å².